The molecule has 18 heavy (non-hydrogen) atoms. The highest BCUT2D eigenvalue weighted by Gasteiger charge is 2.16. The number of carbonyl (C=O) groups excluding carboxylic acids is 1. The first-order valence-corrected chi connectivity index (χ1v) is 6.57. The molecule has 0 aliphatic rings. The summed E-state index contributed by atoms with van der Waals surface area (Å²) in [4.78, 5) is 14.3. The van der Waals surface area contributed by atoms with Crippen molar-refractivity contribution >= 4 is 17.2 Å². The van der Waals surface area contributed by atoms with Gasteiger partial charge in [-0.2, -0.15) is 0 Å². The van der Waals surface area contributed by atoms with Gasteiger partial charge in [0.05, 0.1) is 5.69 Å². The van der Waals surface area contributed by atoms with Gasteiger partial charge in [0.25, 0.3) is 0 Å². The Labute approximate surface area is 108 Å². The van der Waals surface area contributed by atoms with Crippen LogP contribution in [0, 0.1) is 0 Å². The van der Waals surface area contributed by atoms with Crippen LogP contribution >= 0.6 is 0 Å². The molecule has 0 radical (unpaired) electrons. The van der Waals surface area contributed by atoms with Gasteiger partial charge < -0.3 is 4.98 Å². The maximum atomic E-state index is 11.1. The molecule has 0 fully saturated rings. The minimum Gasteiger partial charge on any atom is -0.352 e. The van der Waals surface area contributed by atoms with Crippen molar-refractivity contribution in [1.82, 2.24) is 4.98 Å². The smallest absolute Gasteiger partial charge is 0.166 e. The number of aromatic nitrogens is 1. The first-order valence-electron chi connectivity index (χ1n) is 6.57. The van der Waals surface area contributed by atoms with Crippen LogP contribution < -0.4 is 0 Å². The fourth-order valence-corrected chi connectivity index (χ4v) is 2.35. The standard InChI is InChI=1S/C16H21NO/c1-5-6-12-13-9-11(16(2,3)4)7-8-14(13)17-15(12)10-18/h7-10,17H,5-6H2,1-4H3. The topological polar surface area (TPSA) is 32.9 Å². The molecule has 0 bridgehead atoms. The summed E-state index contributed by atoms with van der Waals surface area (Å²) in [5.74, 6) is 0. The van der Waals surface area contributed by atoms with Crippen LogP contribution in [0.4, 0.5) is 0 Å². The molecule has 0 aliphatic heterocycles. The second-order valence-corrected chi connectivity index (χ2v) is 5.90. The van der Waals surface area contributed by atoms with Crippen molar-refractivity contribution in [3.05, 3.63) is 35.0 Å². The fraction of sp³-hybridized carbons (Fsp3) is 0.438. The first kappa shape index (κ1) is 12.9. The molecule has 0 amide bonds. The van der Waals surface area contributed by atoms with Crippen LogP contribution in [0.2, 0.25) is 0 Å². The van der Waals surface area contributed by atoms with E-state index in [0.29, 0.717) is 0 Å². The summed E-state index contributed by atoms with van der Waals surface area (Å²) >= 11 is 0. The number of aryl methyl sites for hydroxylation is 1. The Bertz CT molecular complexity index is 573. The van der Waals surface area contributed by atoms with Crippen molar-refractivity contribution in [2.75, 3.05) is 0 Å². The third-order valence-electron chi connectivity index (χ3n) is 3.42. The van der Waals surface area contributed by atoms with Crippen LogP contribution in [0.1, 0.15) is 55.7 Å². The quantitative estimate of drug-likeness (QED) is 0.804. The van der Waals surface area contributed by atoms with Crippen LogP contribution in [0.3, 0.4) is 0 Å². The lowest BCUT2D eigenvalue weighted by Crippen LogP contribution is -2.10. The number of hydrogen-bond acceptors (Lipinski definition) is 1. The number of carbonyl (C=O) groups is 1. The summed E-state index contributed by atoms with van der Waals surface area (Å²) in [6.07, 6.45) is 2.93. The van der Waals surface area contributed by atoms with Crippen LogP contribution in [-0.2, 0) is 11.8 Å². The Balaban J connectivity index is 2.66. The molecule has 0 saturated carbocycles. The van der Waals surface area contributed by atoms with E-state index in [4.69, 9.17) is 0 Å². The largest absolute Gasteiger partial charge is 0.352 e. The Hall–Kier alpha value is -1.57. The van der Waals surface area contributed by atoms with Crippen LogP contribution in [0.15, 0.2) is 18.2 Å². The van der Waals surface area contributed by atoms with E-state index in [0.717, 1.165) is 35.9 Å². The molecule has 1 aromatic heterocycles. The van der Waals surface area contributed by atoms with Crippen molar-refractivity contribution in [2.24, 2.45) is 0 Å². The number of nitrogens with one attached hydrogen (secondary N) is 1. The van der Waals surface area contributed by atoms with Crippen LogP contribution in [-0.4, -0.2) is 11.3 Å². The van der Waals surface area contributed by atoms with Gasteiger partial charge in [-0.25, -0.2) is 0 Å². The fourth-order valence-electron chi connectivity index (χ4n) is 2.35. The number of fused-ring (bicyclic) bond motifs is 1. The molecular formula is C16H21NO. The van der Waals surface area contributed by atoms with Gasteiger partial charge >= 0.3 is 0 Å². The number of benzene rings is 1. The van der Waals surface area contributed by atoms with E-state index < -0.39 is 0 Å². The zero-order chi connectivity index (χ0) is 13.3. The summed E-state index contributed by atoms with van der Waals surface area (Å²) in [5.41, 5.74) is 4.40. The summed E-state index contributed by atoms with van der Waals surface area (Å²) in [6, 6.07) is 6.45. The monoisotopic (exact) mass is 243 g/mol. The minimum absolute atomic E-state index is 0.135. The molecule has 2 nitrogen and oxygen atoms in total. The molecule has 0 spiro atoms. The average molecular weight is 243 g/mol. The zero-order valence-corrected chi connectivity index (χ0v) is 11.6. The summed E-state index contributed by atoms with van der Waals surface area (Å²) in [6.45, 7) is 8.77. The Morgan fingerprint density at radius 2 is 2.00 bits per heavy atom. The van der Waals surface area contributed by atoms with Crippen molar-refractivity contribution in [2.45, 2.75) is 46.0 Å². The molecule has 96 valence electrons. The molecule has 2 aromatic rings. The molecule has 0 unspecified atom stereocenters. The van der Waals surface area contributed by atoms with Crippen molar-refractivity contribution in [3.63, 3.8) is 0 Å². The lowest BCUT2D eigenvalue weighted by Gasteiger charge is -2.19. The Kier molecular flexibility index (Phi) is 3.29. The summed E-state index contributed by atoms with van der Waals surface area (Å²) in [5, 5.41) is 1.20. The SMILES string of the molecule is CCCc1c(C=O)[nH]c2ccc(C(C)(C)C)cc12. The number of rotatable bonds is 3. The van der Waals surface area contributed by atoms with Gasteiger partial charge in [0.15, 0.2) is 6.29 Å². The second-order valence-electron chi connectivity index (χ2n) is 5.90. The molecule has 1 N–H and O–H groups in total. The summed E-state index contributed by atoms with van der Waals surface area (Å²) in [7, 11) is 0. The molecular weight excluding hydrogens is 222 g/mol. The average Bonchev–Trinajstić information content (AvgIpc) is 2.66. The van der Waals surface area contributed by atoms with E-state index in [1.165, 1.54) is 10.9 Å². The highest BCUT2D eigenvalue weighted by molar-refractivity contribution is 5.92. The predicted molar refractivity (Wildman–Crippen MR) is 76.4 cm³/mol. The number of aldehydes is 1. The highest BCUT2D eigenvalue weighted by atomic mass is 16.1. The summed E-state index contributed by atoms with van der Waals surface area (Å²) < 4.78 is 0. The Morgan fingerprint density at radius 1 is 1.28 bits per heavy atom. The third-order valence-corrected chi connectivity index (χ3v) is 3.42. The molecule has 0 atom stereocenters. The van der Waals surface area contributed by atoms with Gasteiger partial charge in [0.2, 0.25) is 0 Å². The predicted octanol–water partition coefficient (Wildman–Crippen LogP) is 4.23. The molecule has 2 rings (SSSR count). The van der Waals surface area contributed by atoms with E-state index in [9.17, 15) is 4.79 Å². The highest BCUT2D eigenvalue weighted by Crippen LogP contribution is 2.29. The van der Waals surface area contributed by atoms with Crippen molar-refractivity contribution in [1.29, 1.82) is 0 Å². The van der Waals surface area contributed by atoms with Gasteiger partial charge in [0, 0.05) is 10.9 Å². The van der Waals surface area contributed by atoms with E-state index in [2.05, 4.69) is 50.9 Å². The Morgan fingerprint density at radius 3 is 2.56 bits per heavy atom. The van der Waals surface area contributed by atoms with Gasteiger partial charge in [-0.3, -0.25) is 4.79 Å². The van der Waals surface area contributed by atoms with Gasteiger partial charge in [-0.05, 0) is 35.1 Å². The van der Waals surface area contributed by atoms with Gasteiger partial charge in [0.1, 0.15) is 0 Å². The van der Waals surface area contributed by atoms with E-state index in [-0.39, 0.29) is 5.41 Å². The molecule has 2 heteroatoms. The van der Waals surface area contributed by atoms with Gasteiger partial charge in [-0.1, -0.05) is 40.2 Å². The van der Waals surface area contributed by atoms with E-state index in [1.54, 1.807) is 0 Å². The van der Waals surface area contributed by atoms with E-state index in [1.807, 2.05) is 0 Å². The van der Waals surface area contributed by atoms with Crippen LogP contribution in [0.5, 0.6) is 0 Å². The molecule has 1 aromatic carbocycles. The molecule has 0 saturated heterocycles. The first-order chi connectivity index (χ1) is 8.47. The zero-order valence-electron chi connectivity index (χ0n) is 11.6. The van der Waals surface area contributed by atoms with Crippen LogP contribution in [0.25, 0.3) is 10.9 Å². The lowest BCUT2D eigenvalue weighted by molar-refractivity contribution is 0.111. The van der Waals surface area contributed by atoms with E-state index >= 15 is 0 Å². The normalized spacial score (nSPS) is 12.0. The molecule has 1 heterocycles. The maximum absolute atomic E-state index is 11.1. The van der Waals surface area contributed by atoms with Gasteiger partial charge in [-0.15, -0.1) is 0 Å². The molecule has 0 aliphatic carbocycles. The van der Waals surface area contributed by atoms with Crippen molar-refractivity contribution in [3.8, 4) is 0 Å². The minimum atomic E-state index is 0.135. The lowest BCUT2D eigenvalue weighted by atomic mass is 9.86. The maximum Gasteiger partial charge on any atom is 0.166 e. The number of aromatic amines is 1. The third kappa shape index (κ3) is 2.20. The number of H-pyrrole nitrogens is 1. The van der Waals surface area contributed by atoms with Crippen molar-refractivity contribution < 1.29 is 4.79 Å². The second kappa shape index (κ2) is 4.60. The number of hydrogen-bond donors (Lipinski definition) is 1.